The normalized spacial score (nSPS) is 34.1. The van der Waals surface area contributed by atoms with Gasteiger partial charge in [-0.2, -0.15) is 11.8 Å². The molecule has 1 saturated carbocycles. The molecule has 1 saturated heterocycles. The second-order valence-electron chi connectivity index (χ2n) is 5.18. The summed E-state index contributed by atoms with van der Waals surface area (Å²) >= 11 is 1.95. The second-order valence-corrected chi connectivity index (χ2v) is 6.66. The van der Waals surface area contributed by atoms with Gasteiger partial charge in [0.25, 0.3) is 0 Å². The average Bonchev–Trinajstić information content (AvgIpc) is 2.70. The summed E-state index contributed by atoms with van der Waals surface area (Å²) in [7, 11) is 0. The first-order chi connectivity index (χ1) is 7.54. The number of rotatable bonds is 1. The molecule has 1 aliphatic heterocycles. The predicted octanol–water partition coefficient (Wildman–Crippen LogP) is 1.61. The van der Waals surface area contributed by atoms with Crippen molar-refractivity contribution >= 4 is 17.7 Å². The van der Waals surface area contributed by atoms with Crippen LogP contribution in [-0.4, -0.2) is 39.9 Å². The fourth-order valence-corrected chi connectivity index (χ4v) is 3.82. The van der Waals surface area contributed by atoms with Gasteiger partial charge in [-0.15, -0.1) is 0 Å². The summed E-state index contributed by atoms with van der Waals surface area (Å²) < 4.78 is 0. The summed E-state index contributed by atoms with van der Waals surface area (Å²) in [5.41, 5.74) is 5.70. The summed E-state index contributed by atoms with van der Waals surface area (Å²) in [5, 5.41) is 0.530. The first kappa shape index (κ1) is 12.2. The molecule has 1 heterocycles. The molecule has 0 aromatic carbocycles. The second kappa shape index (κ2) is 4.57. The molecular formula is C12H22N2OS. The van der Waals surface area contributed by atoms with Crippen molar-refractivity contribution in [1.29, 1.82) is 0 Å². The monoisotopic (exact) mass is 242 g/mol. The highest BCUT2D eigenvalue weighted by Crippen LogP contribution is 2.32. The van der Waals surface area contributed by atoms with Crippen LogP contribution in [-0.2, 0) is 4.79 Å². The summed E-state index contributed by atoms with van der Waals surface area (Å²) in [6.45, 7) is 5.22. The minimum absolute atomic E-state index is 0.199. The highest BCUT2D eigenvalue weighted by Gasteiger charge is 2.42. The number of amides is 1. The molecule has 2 rings (SSSR count). The van der Waals surface area contributed by atoms with Crippen molar-refractivity contribution in [3.8, 4) is 0 Å². The number of hydrogen-bond donors (Lipinski definition) is 1. The van der Waals surface area contributed by atoms with Gasteiger partial charge in [-0.05, 0) is 19.8 Å². The van der Waals surface area contributed by atoms with E-state index in [0.717, 1.165) is 38.0 Å². The van der Waals surface area contributed by atoms with E-state index >= 15 is 0 Å². The van der Waals surface area contributed by atoms with Crippen molar-refractivity contribution in [2.75, 3.05) is 12.3 Å². The zero-order chi connectivity index (χ0) is 11.8. The Morgan fingerprint density at radius 1 is 1.38 bits per heavy atom. The molecule has 16 heavy (non-hydrogen) atoms. The Morgan fingerprint density at radius 3 is 2.62 bits per heavy atom. The lowest BCUT2D eigenvalue weighted by molar-refractivity contribution is -0.138. The topological polar surface area (TPSA) is 46.3 Å². The molecule has 0 radical (unpaired) electrons. The van der Waals surface area contributed by atoms with Crippen LogP contribution in [0.5, 0.6) is 0 Å². The van der Waals surface area contributed by atoms with Crippen molar-refractivity contribution in [2.24, 2.45) is 5.73 Å². The minimum atomic E-state index is -0.546. The zero-order valence-electron chi connectivity index (χ0n) is 10.2. The van der Waals surface area contributed by atoms with Gasteiger partial charge in [0.15, 0.2) is 0 Å². The summed E-state index contributed by atoms with van der Waals surface area (Å²) in [5.74, 6) is 1.25. The van der Waals surface area contributed by atoms with Crippen molar-refractivity contribution in [2.45, 2.75) is 56.4 Å². The summed E-state index contributed by atoms with van der Waals surface area (Å²) in [6.07, 6.45) is 3.96. The van der Waals surface area contributed by atoms with E-state index in [1.165, 1.54) is 0 Å². The fraction of sp³-hybridized carbons (Fsp3) is 0.917. The van der Waals surface area contributed by atoms with E-state index in [1.807, 2.05) is 16.7 Å². The first-order valence-corrected chi connectivity index (χ1v) is 7.31. The van der Waals surface area contributed by atoms with Crippen LogP contribution in [0.4, 0.5) is 0 Å². The van der Waals surface area contributed by atoms with E-state index in [-0.39, 0.29) is 5.91 Å². The van der Waals surface area contributed by atoms with Gasteiger partial charge >= 0.3 is 0 Å². The lowest BCUT2D eigenvalue weighted by atomic mass is 9.96. The average molecular weight is 242 g/mol. The molecule has 2 aliphatic rings. The van der Waals surface area contributed by atoms with Crippen molar-refractivity contribution in [1.82, 2.24) is 4.90 Å². The fourth-order valence-electron chi connectivity index (χ4n) is 2.73. The quantitative estimate of drug-likeness (QED) is 0.760. The molecule has 3 nitrogen and oxygen atoms in total. The van der Waals surface area contributed by atoms with Crippen LogP contribution in [0, 0.1) is 0 Å². The molecule has 0 aromatic heterocycles. The van der Waals surface area contributed by atoms with Crippen molar-refractivity contribution in [3.63, 3.8) is 0 Å². The van der Waals surface area contributed by atoms with E-state index in [0.29, 0.717) is 11.3 Å². The Kier molecular flexibility index (Phi) is 3.50. The molecule has 1 amide bonds. The molecule has 0 spiro atoms. The maximum Gasteiger partial charge on any atom is 0.242 e. The molecule has 92 valence electrons. The molecule has 4 heteroatoms. The zero-order valence-corrected chi connectivity index (χ0v) is 11.1. The Bertz CT molecular complexity index is 276. The minimum Gasteiger partial charge on any atom is -0.336 e. The smallest absolute Gasteiger partial charge is 0.242 e. The third-order valence-corrected chi connectivity index (χ3v) is 5.40. The van der Waals surface area contributed by atoms with Gasteiger partial charge in [0.1, 0.15) is 0 Å². The van der Waals surface area contributed by atoms with E-state index in [1.54, 1.807) is 0 Å². The molecule has 1 aliphatic carbocycles. The van der Waals surface area contributed by atoms with Gasteiger partial charge < -0.3 is 10.6 Å². The SMILES string of the molecule is CC1SCCN(C(=O)C2(N)CCCC2)C1C. The van der Waals surface area contributed by atoms with Crippen LogP contribution in [0.1, 0.15) is 39.5 Å². The Labute approximate surface area is 102 Å². The lowest BCUT2D eigenvalue weighted by Crippen LogP contribution is -2.59. The van der Waals surface area contributed by atoms with Crippen LogP contribution in [0.15, 0.2) is 0 Å². The molecule has 2 atom stereocenters. The highest BCUT2D eigenvalue weighted by atomic mass is 32.2. The van der Waals surface area contributed by atoms with Gasteiger partial charge in [-0.1, -0.05) is 19.8 Å². The van der Waals surface area contributed by atoms with Crippen LogP contribution in [0.25, 0.3) is 0 Å². The largest absolute Gasteiger partial charge is 0.336 e. The summed E-state index contributed by atoms with van der Waals surface area (Å²) in [4.78, 5) is 14.5. The third kappa shape index (κ3) is 2.09. The third-order valence-electron chi connectivity index (χ3n) is 4.07. The molecule has 0 aromatic rings. The van der Waals surface area contributed by atoms with Gasteiger partial charge in [-0.25, -0.2) is 0 Å². The van der Waals surface area contributed by atoms with E-state index < -0.39 is 5.54 Å². The van der Waals surface area contributed by atoms with E-state index in [9.17, 15) is 4.79 Å². The predicted molar refractivity (Wildman–Crippen MR) is 68.5 cm³/mol. The maximum absolute atomic E-state index is 12.5. The van der Waals surface area contributed by atoms with Gasteiger partial charge in [0.2, 0.25) is 5.91 Å². The molecule has 2 unspecified atom stereocenters. The molecule has 2 N–H and O–H groups in total. The van der Waals surface area contributed by atoms with E-state index in [4.69, 9.17) is 5.73 Å². The number of nitrogens with two attached hydrogens (primary N) is 1. The summed E-state index contributed by atoms with van der Waals surface area (Å²) in [6, 6.07) is 0.326. The van der Waals surface area contributed by atoms with Crippen LogP contribution in [0.2, 0.25) is 0 Å². The van der Waals surface area contributed by atoms with E-state index in [2.05, 4.69) is 13.8 Å². The number of carbonyl (C=O) groups is 1. The van der Waals surface area contributed by atoms with Crippen molar-refractivity contribution < 1.29 is 4.79 Å². The van der Waals surface area contributed by atoms with Crippen molar-refractivity contribution in [3.05, 3.63) is 0 Å². The van der Waals surface area contributed by atoms with Crippen LogP contribution >= 0.6 is 11.8 Å². The van der Waals surface area contributed by atoms with Crippen LogP contribution < -0.4 is 5.73 Å². The number of carbonyl (C=O) groups excluding carboxylic acids is 1. The number of thioether (sulfide) groups is 1. The van der Waals surface area contributed by atoms with Gasteiger partial charge in [0.05, 0.1) is 5.54 Å². The Balaban J connectivity index is 2.08. The van der Waals surface area contributed by atoms with Gasteiger partial charge in [-0.3, -0.25) is 4.79 Å². The van der Waals surface area contributed by atoms with Crippen LogP contribution in [0.3, 0.4) is 0 Å². The Morgan fingerprint density at radius 2 is 2.00 bits per heavy atom. The van der Waals surface area contributed by atoms with Gasteiger partial charge in [0, 0.05) is 23.6 Å². The first-order valence-electron chi connectivity index (χ1n) is 6.26. The highest BCUT2D eigenvalue weighted by molar-refractivity contribution is 8.00. The molecule has 2 fully saturated rings. The Hall–Kier alpha value is -0.220. The lowest BCUT2D eigenvalue weighted by Gasteiger charge is -2.41. The molecular weight excluding hydrogens is 220 g/mol. The number of hydrogen-bond acceptors (Lipinski definition) is 3. The maximum atomic E-state index is 12.5. The molecule has 0 bridgehead atoms. The number of nitrogens with zero attached hydrogens (tertiary/aromatic N) is 1. The standard InChI is InChI=1S/C12H22N2OS/c1-9-10(2)16-8-7-14(9)11(15)12(13)5-3-4-6-12/h9-10H,3-8,13H2,1-2H3.